The lowest BCUT2D eigenvalue weighted by atomic mass is 9.93. The van der Waals surface area contributed by atoms with Gasteiger partial charge in [-0.05, 0) is 46.2 Å². The maximum absolute atomic E-state index is 13.3. The normalized spacial score (nSPS) is 11.7. The molecule has 3 aromatic rings. The third kappa shape index (κ3) is 4.57. The first kappa shape index (κ1) is 24.7. The first-order chi connectivity index (χ1) is 16.0. The highest BCUT2D eigenvalue weighted by molar-refractivity contribution is 5.91. The van der Waals surface area contributed by atoms with Crippen LogP contribution in [0, 0.1) is 0 Å². The summed E-state index contributed by atoms with van der Waals surface area (Å²) >= 11 is 0. The molecular weight excluding hydrogens is 432 g/mol. The molecule has 178 valence electrons. The summed E-state index contributed by atoms with van der Waals surface area (Å²) in [5.74, 6) is -0.963. The van der Waals surface area contributed by atoms with E-state index in [0.717, 1.165) is 11.1 Å². The summed E-state index contributed by atoms with van der Waals surface area (Å²) in [7, 11) is 0. The summed E-state index contributed by atoms with van der Waals surface area (Å²) in [4.78, 5) is 13.3. The third-order valence-electron chi connectivity index (χ3n) is 5.75. The smallest absolute Gasteiger partial charge is 0.197 e. The van der Waals surface area contributed by atoms with Crippen molar-refractivity contribution in [1.82, 2.24) is 0 Å². The molecule has 0 aliphatic heterocycles. The fraction of sp³-hybridized carbons (Fsp3) is 0.250. The molecule has 34 heavy (non-hydrogen) atoms. The van der Waals surface area contributed by atoms with Crippen LogP contribution in [0.4, 0.5) is 0 Å². The molecule has 0 unspecified atom stereocenters. The van der Waals surface area contributed by atoms with Gasteiger partial charge >= 0.3 is 0 Å². The molecule has 0 aliphatic rings. The predicted octanol–water partition coefficient (Wildman–Crippen LogP) is 6.03. The molecule has 1 heterocycles. The second-order valence-electron chi connectivity index (χ2n) is 8.87. The Kier molecular flexibility index (Phi) is 6.91. The summed E-state index contributed by atoms with van der Waals surface area (Å²) in [5, 5.41) is 42.5. The molecule has 4 N–H and O–H groups in total. The van der Waals surface area contributed by atoms with Crippen molar-refractivity contribution in [2.75, 3.05) is 0 Å². The Morgan fingerprint density at radius 1 is 0.882 bits per heavy atom. The van der Waals surface area contributed by atoms with E-state index in [1.807, 2.05) is 19.9 Å². The van der Waals surface area contributed by atoms with Crippen molar-refractivity contribution < 1.29 is 24.8 Å². The van der Waals surface area contributed by atoms with Crippen molar-refractivity contribution in [1.29, 1.82) is 0 Å². The van der Waals surface area contributed by atoms with E-state index in [1.165, 1.54) is 12.1 Å². The van der Waals surface area contributed by atoms with Crippen molar-refractivity contribution in [2.45, 2.75) is 47.0 Å². The first-order valence-corrected chi connectivity index (χ1v) is 10.9. The van der Waals surface area contributed by atoms with Gasteiger partial charge in [0.05, 0.1) is 0 Å². The van der Waals surface area contributed by atoms with Crippen LogP contribution in [0.2, 0.25) is 0 Å². The van der Waals surface area contributed by atoms with Gasteiger partial charge in [-0.25, -0.2) is 0 Å². The van der Waals surface area contributed by atoms with E-state index in [4.69, 9.17) is 4.42 Å². The van der Waals surface area contributed by atoms with Gasteiger partial charge < -0.3 is 24.8 Å². The Morgan fingerprint density at radius 3 is 2.09 bits per heavy atom. The minimum absolute atomic E-state index is 0.0387. The van der Waals surface area contributed by atoms with Gasteiger partial charge in [0, 0.05) is 41.2 Å². The van der Waals surface area contributed by atoms with Gasteiger partial charge in [0.25, 0.3) is 0 Å². The second-order valence-corrected chi connectivity index (χ2v) is 8.87. The van der Waals surface area contributed by atoms with E-state index in [9.17, 15) is 25.2 Å². The monoisotopic (exact) mass is 462 g/mol. The Balaban J connectivity index is 2.42. The number of hydrogen-bond donors (Lipinski definition) is 4. The summed E-state index contributed by atoms with van der Waals surface area (Å²) < 4.78 is 6.14. The maximum atomic E-state index is 13.3. The fourth-order valence-corrected chi connectivity index (χ4v) is 3.97. The van der Waals surface area contributed by atoms with Crippen LogP contribution < -0.4 is 5.43 Å². The lowest BCUT2D eigenvalue weighted by Crippen LogP contribution is -2.06. The van der Waals surface area contributed by atoms with Crippen molar-refractivity contribution in [3.8, 4) is 34.3 Å². The van der Waals surface area contributed by atoms with E-state index in [1.54, 1.807) is 19.9 Å². The molecule has 0 saturated carbocycles. The Bertz CT molecular complexity index is 1410. The van der Waals surface area contributed by atoms with E-state index < -0.39 is 5.43 Å². The number of rotatable bonds is 7. The number of benzene rings is 2. The Morgan fingerprint density at radius 2 is 1.50 bits per heavy atom. The molecular formula is C28H30O6. The molecule has 0 spiro atoms. The van der Waals surface area contributed by atoms with E-state index in [0.29, 0.717) is 28.7 Å². The molecule has 0 aliphatic carbocycles. The molecule has 0 bridgehead atoms. The highest BCUT2D eigenvalue weighted by Gasteiger charge is 2.25. The van der Waals surface area contributed by atoms with Crippen LogP contribution in [0.5, 0.6) is 23.0 Å². The first-order valence-electron chi connectivity index (χ1n) is 10.9. The lowest BCUT2D eigenvalue weighted by molar-refractivity contribution is 0.400. The molecule has 0 radical (unpaired) electrons. The molecule has 2 aromatic carbocycles. The number of fused-ring (bicyclic) bond motifs is 1. The van der Waals surface area contributed by atoms with Crippen LogP contribution >= 0.6 is 0 Å². The van der Waals surface area contributed by atoms with Crippen molar-refractivity contribution in [3.63, 3.8) is 0 Å². The second kappa shape index (κ2) is 9.51. The highest BCUT2D eigenvalue weighted by Crippen LogP contribution is 2.43. The van der Waals surface area contributed by atoms with Gasteiger partial charge in [-0.1, -0.05) is 36.0 Å². The molecule has 0 atom stereocenters. The maximum Gasteiger partial charge on any atom is 0.197 e. The van der Waals surface area contributed by atoms with Gasteiger partial charge in [-0.2, -0.15) is 0 Å². The van der Waals surface area contributed by atoms with Gasteiger partial charge in [-0.3, -0.25) is 4.79 Å². The number of hydrogen-bond acceptors (Lipinski definition) is 6. The van der Waals surface area contributed by atoms with Crippen molar-refractivity contribution in [2.24, 2.45) is 0 Å². The SMILES string of the molecule is C=C(C)Cc1c(O)c(CC(=C)C)c2oc(-c3ccc(O)c(O)c3C/C(C)=C/C)cc(=O)c2c1O. The van der Waals surface area contributed by atoms with Crippen LogP contribution in [0.25, 0.3) is 22.3 Å². The van der Waals surface area contributed by atoms with Crippen LogP contribution in [-0.4, -0.2) is 20.4 Å². The molecule has 0 amide bonds. The van der Waals surface area contributed by atoms with Crippen molar-refractivity contribution in [3.05, 3.63) is 81.1 Å². The van der Waals surface area contributed by atoms with Gasteiger partial charge in [0.2, 0.25) is 0 Å². The zero-order chi connectivity index (χ0) is 25.3. The molecule has 1 aromatic heterocycles. The largest absolute Gasteiger partial charge is 0.507 e. The van der Waals surface area contributed by atoms with E-state index in [2.05, 4.69) is 13.2 Å². The third-order valence-corrected chi connectivity index (χ3v) is 5.75. The number of aromatic hydroxyl groups is 4. The van der Waals surface area contributed by atoms with E-state index >= 15 is 0 Å². The molecule has 3 rings (SSSR count). The standard InChI is InChI=1S/C28H30O6/c1-7-16(6)12-18-17(8-9-21(29)26(18)32)23-13-22(30)24-27(33)19(10-14(2)3)25(31)20(11-15(4)5)28(24)34-23/h7-9,13,29,31-33H,2,4,10-12H2,1,3,5-6H3/b16-7+. The Hall–Kier alpha value is -3.93. The zero-order valence-electron chi connectivity index (χ0n) is 20.0. The van der Waals surface area contributed by atoms with Crippen LogP contribution in [0.15, 0.2) is 63.4 Å². The van der Waals surface area contributed by atoms with Gasteiger partial charge in [0.1, 0.15) is 28.2 Å². The summed E-state index contributed by atoms with van der Waals surface area (Å²) in [6, 6.07) is 4.13. The number of allylic oxidation sites excluding steroid dienone is 4. The summed E-state index contributed by atoms with van der Waals surface area (Å²) in [6.07, 6.45) is 2.62. The van der Waals surface area contributed by atoms with Crippen LogP contribution in [-0.2, 0) is 19.3 Å². The number of phenolic OH excluding ortho intramolecular Hbond substituents is 4. The highest BCUT2D eigenvalue weighted by atomic mass is 16.3. The predicted molar refractivity (Wildman–Crippen MR) is 135 cm³/mol. The molecule has 6 heteroatoms. The van der Waals surface area contributed by atoms with Gasteiger partial charge in [0.15, 0.2) is 16.9 Å². The fourth-order valence-electron chi connectivity index (χ4n) is 3.97. The number of phenols is 4. The average Bonchev–Trinajstić information content (AvgIpc) is 2.76. The summed E-state index contributed by atoms with van der Waals surface area (Å²) in [6.45, 7) is 15.1. The topological polar surface area (TPSA) is 111 Å². The molecule has 6 nitrogen and oxygen atoms in total. The Labute approximate surface area is 198 Å². The quantitative estimate of drug-likeness (QED) is 0.252. The lowest BCUT2D eigenvalue weighted by Gasteiger charge is -2.17. The summed E-state index contributed by atoms with van der Waals surface area (Å²) in [5.41, 5.74) is 3.28. The van der Waals surface area contributed by atoms with Gasteiger partial charge in [-0.15, -0.1) is 0 Å². The van der Waals surface area contributed by atoms with Crippen molar-refractivity contribution >= 4 is 11.0 Å². The minimum atomic E-state index is -0.499. The van der Waals surface area contributed by atoms with Crippen LogP contribution in [0.3, 0.4) is 0 Å². The molecule has 0 saturated heterocycles. The average molecular weight is 463 g/mol. The zero-order valence-corrected chi connectivity index (χ0v) is 20.0. The molecule has 0 fully saturated rings. The van der Waals surface area contributed by atoms with E-state index in [-0.39, 0.29) is 58.1 Å². The van der Waals surface area contributed by atoms with Crippen LogP contribution in [0.1, 0.15) is 44.4 Å². The minimum Gasteiger partial charge on any atom is -0.507 e.